The van der Waals surface area contributed by atoms with Crippen LogP contribution < -0.4 is 5.32 Å². The molecule has 2 unspecified atom stereocenters. The number of benzene rings is 1. The van der Waals surface area contributed by atoms with Crippen LogP contribution in [0.15, 0.2) is 18.2 Å². The van der Waals surface area contributed by atoms with Crippen LogP contribution in [0, 0.1) is 35.0 Å². The number of halogens is 1. The van der Waals surface area contributed by atoms with Gasteiger partial charge in [-0.3, -0.25) is 4.79 Å². The van der Waals surface area contributed by atoms with Gasteiger partial charge in [0.25, 0.3) is 0 Å². The summed E-state index contributed by atoms with van der Waals surface area (Å²) in [4.78, 5) is 22.5. The van der Waals surface area contributed by atoms with E-state index in [-0.39, 0.29) is 23.2 Å². The number of carbonyl (C=O) groups excluding carboxylic acids is 1. The molecule has 140 valence electrons. The molecule has 2 bridgehead atoms. The molecule has 1 N–H and O–H groups in total. The molecule has 1 aromatic heterocycles. The van der Waals surface area contributed by atoms with E-state index in [1.54, 1.807) is 12.1 Å². The second kappa shape index (κ2) is 6.02. The van der Waals surface area contributed by atoms with Crippen molar-refractivity contribution in [3.8, 4) is 12.1 Å². The second-order valence-electron chi connectivity index (χ2n) is 7.96. The number of nitrogens with one attached hydrogen (secondary N) is 1. The molecule has 0 saturated heterocycles. The van der Waals surface area contributed by atoms with E-state index in [0.29, 0.717) is 28.5 Å². The lowest BCUT2D eigenvalue weighted by atomic mass is 9.67. The fraction of sp³-hybridized carbons (Fsp3) is 0.381. The van der Waals surface area contributed by atoms with Crippen LogP contribution in [0.5, 0.6) is 0 Å². The van der Waals surface area contributed by atoms with Gasteiger partial charge >= 0.3 is 0 Å². The minimum Gasteiger partial charge on any atom is -0.325 e. The summed E-state index contributed by atoms with van der Waals surface area (Å²) in [5.41, 5.74) is 1.29. The van der Waals surface area contributed by atoms with Gasteiger partial charge in [0.1, 0.15) is 12.1 Å². The maximum atomic E-state index is 13.6. The van der Waals surface area contributed by atoms with Crippen molar-refractivity contribution in [3.05, 3.63) is 51.6 Å². The summed E-state index contributed by atoms with van der Waals surface area (Å²) in [6.45, 7) is 5.93. The Labute approximate surface area is 168 Å². The average molecular weight is 392 g/mol. The molecule has 2 aromatic rings. The number of aromatic nitrogens is 2. The zero-order chi connectivity index (χ0) is 20.3. The van der Waals surface area contributed by atoms with Crippen molar-refractivity contribution < 1.29 is 4.79 Å². The van der Waals surface area contributed by atoms with Gasteiger partial charge in [-0.2, -0.15) is 10.5 Å². The van der Waals surface area contributed by atoms with Crippen LogP contribution in [0.2, 0.25) is 5.02 Å². The summed E-state index contributed by atoms with van der Waals surface area (Å²) in [6, 6.07) is 9.27. The van der Waals surface area contributed by atoms with E-state index in [1.807, 2.05) is 39.0 Å². The first-order valence-electron chi connectivity index (χ1n) is 9.07. The predicted molar refractivity (Wildman–Crippen MR) is 104 cm³/mol. The number of nitrogens with zero attached hydrogens (tertiary/aromatic N) is 4. The Morgan fingerprint density at radius 3 is 2.61 bits per heavy atom. The van der Waals surface area contributed by atoms with Gasteiger partial charge in [-0.15, -0.1) is 0 Å². The molecule has 2 atom stereocenters. The third kappa shape index (κ3) is 2.16. The van der Waals surface area contributed by atoms with Crippen molar-refractivity contribution in [1.29, 1.82) is 10.5 Å². The largest absolute Gasteiger partial charge is 0.325 e. The second-order valence-corrected chi connectivity index (χ2v) is 8.37. The quantitative estimate of drug-likeness (QED) is 0.834. The third-order valence-corrected chi connectivity index (χ3v) is 6.96. The molecule has 1 fully saturated rings. The van der Waals surface area contributed by atoms with Crippen LogP contribution in [0.4, 0.5) is 5.69 Å². The van der Waals surface area contributed by atoms with Gasteiger partial charge in [0.2, 0.25) is 5.91 Å². The fourth-order valence-corrected chi connectivity index (χ4v) is 5.06. The standard InChI is InChI=1S/C21H18ClN5O/c1-11-13(22)5-4-6-14(11)27-19(28)21-8-7-12(20(21,2)3)17-18(21)26-16(10-24)15(9-23)25-17/h4-6,12H,7-8H2,1-3H3,(H,27,28). The molecular weight excluding hydrogens is 374 g/mol. The van der Waals surface area contributed by atoms with Crippen molar-refractivity contribution in [2.24, 2.45) is 5.41 Å². The van der Waals surface area contributed by atoms with Gasteiger partial charge in [0, 0.05) is 16.6 Å². The topological polar surface area (TPSA) is 102 Å². The van der Waals surface area contributed by atoms with E-state index in [9.17, 15) is 15.3 Å². The molecule has 0 aliphatic heterocycles. The van der Waals surface area contributed by atoms with Crippen molar-refractivity contribution >= 4 is 23.2 Å². The lowest BCUT2D eigenvalue weighted by Gasteiger charge is -2.36. The molecular formula is C21H18ClN5O. The van der Waals surface area contributed by atoms with Crippen molar-refractivity contribution in [2.75, 3.05) is 5.32 Å². The SMILES string of the molecule is Cc1c(Cl)cccc1NC(=O)C12CCC(c3nc(C#N)c(C#N)nc31)C2(C)C. The summed E-state index contributed by atoms with van der Waals surface area (Å²) in [6.07, 6.45) is 1.40. The van der Waals surface area contributed by atoms with Crippen LogP contribution >= 0.6 is 11.6 Å². The Balaban J connectivity index is 1.87. The van der Waals surface area contributed by atoms with Crippen LogP contribution in [-0.4, -0.2) is 15.9 Å². The van der Waals surface area contributed by atoms with E-state index in [1.165, 1.54) is 0 Å². The number of carbonyl (C=O) groups is 1. The van der Waals surface area contributed by atoms with Crippen LogP contribution in [0.3, 0.4) is 0 Å². The Hall–Kier alpha value is -2.96. The van der Waals surface area contributed by atoms with Gasteiger partial charge in [-0.05, 0) is 42.9 Å². The number of amides is 1. The lowest BCUT2D eigenvalue weighted by molar-refractivity contribution is -0.124. The molecule has 1 heterocycles. The number of anilines is 1. The first-order chi connectivity index (χ1) is 13.3. The molecule has 6 nitrogen and oxygen atoms in total. The molecule has 1 saturated carbocycles. The smallest absolute Gasteiger partial charge is 0.237 e. The maximum absolute atomic E-state index is 13.6. The highest BCUT2D eigenvalue weighted by Gasteiger charge is 2.68. The Morgan fingerprint density at radius 2 is 1.93 bits per heavy atom. The highest BCUT2D eigenvalue weighted by molar-refractivity contribution is 6.31. The number of nitriles is 2. The van der Waals surface area contributed by atoms with Crippen LogP contribution in [-0.2, 0) is 10.2 Å². The molecule has 1 amide bonds. The predicted octanol–water partition coefficient (Wildman–Crippen LogP) is 3.98. The minimum absolute atomic E-state index is 0.0149. The first kappa shape index (κ1) is 18.4. The molecule has 4 rings (SSSR count). The molecule has 28 heavy (non-hydrogen) atoms. The van der Waals surface area contributed by atoms with Crippen molar-refractivity contribution in [2.45, 2.75) is 44.9 Å². The normalized spacial score (nSPS) is 23.6. The Kier molecular flexibility index (Phi) is 3.96. The molecule has 7 heteroatoms. The van der Waals surface area contributed by atoms with Gasteiger partial charge in [-0.25, -0.2) is 9.97 Å². The van der Waals surface area contributed by atoms with E-state index in [0.717, 1.165) is 12.0 Å². The van der Waals surface area contributed by atoms with Crippen LogP contribution in [0.25, 0.3) is 0 Å². The van der Waals surface area contributed by atoms with E-state index in [4.69, 9.17) is 11.6 Å². The highest BCUT2D eigenvalue weighted by atomic mass is 35.5. The third-order valence-electron chi connectivity index (χ3n) is 6.55. The lowest BCUT2D eigenvalue weighted by Crippen LogP contribution is -2.47. The monoisotopic (exact) mass is 391 g/mol. The molecule has 1 aromatic carbocycles. The molecule has 2 aliphatic carbocycles. The van der Waals surface area contributed by atoms with E-state index >= 15 is 0 Å². The van der Waals surface area contributed by atoms with Gasteiger partial charge in [0.05, 0.1) is 16.8 Å². The zero-order valence-electron chi connectivity index (χ0n) is 15.8. The van der Waals surface area contributed by atoms with Crippen molar-refractivity contribution in [3.63, 3.8) is 0 Å². The summed E-state index contributed by atoms with van der Waals surface area (Å²) < 4.78 is 0. The van der Waals surface area contributed by atoms with Gasteiger partial charge in [-0.1, -0.05) is 31.5 Å². The molecule has 2 aliphatic rings. The summed E-state index contributed by atoms with van der Waals surface area (Å²) in [5, 5.41) is 22.3. The maximum Gasteiger partial charge on any atom is 0.237 e. The fourth-order valence-electron chi connectivity index (χ4n) is 4.89. The average Bonchev–Trinajstić information content (AvgIpc) is 3.05. The van der Waals surface area contributed by atoms with E-state index < -0.39 is 10.8 Å². The summed E-state index contributed by atoms with van der Waals surface area (Å²) >= 11 is 6.20. The number of rotatable bonds is 2. The number of hydrogen-bond donors (Lipinski definition) is 1. The number of fused-ring (bicyclic) bond motifs is 5. The first-order valence-corrected chi connectivity index (χ1v) is 9.45. The summed E-state index contributed by atoms with van der Waals surface area (Å²) in [7, 11) is 0. The minimum atomic E-state index is -0.908. The van der Waals surface area contributed by atoms with Crippen molar-refractivity contribution in [1.82, 2.24) is 9.97 Å². The molecule has 0 radical (unpaired) electrons. The van der Waals surface area contributed by atoms with Gasteiger partial charge in [0.15, 0.2) is 11.4 Å². The molecule has 0 spiro atoms. The van der Waals surface area contributed by atoms with Crippen LogP contribution in [0.1, 0.15) is 60.9 Å². The summed E-state index contributed by atoms with van der Waals surface area (Å²) in [5.74, 6) is -0.159. The Morgan fingerprint density at radius 1 is 1.25 bits per heavy atom. The van der Waals surface area contributed by atoms with Gasteiger partial charge < -0.3 is 5.32 Å². The number of hydrogen-bond acceptors (Lipinski definition) is 5. The highest BCUT2D eigenvalue weighted by Crippen LogP contribution is 2.67. The zero-order valence-corrected chi connectivity index (χ0v) is 16.6. The Bertz CT molecular complexity index is 1110. The van der Waals surface area contributed by atoms with E-state index in [2.05, 4.69) is 15.3 Å².